The number of benzene rings is 1. The number of aromatic nitrogens is 1. The first-order chi connectivity index (χ1) is 11.4. The number of alkyl halides is 3. The molecule has 0 amide bonds. The highest BCUT2D eigenvalue weighted by molar-refractivity contribution is 6.30. The maximum atomic E-state index is 13.3. The van der Waals surface area contributed by atoms with Gasteiger partial charge in [0.05, 0.1) is 17.9 Å². The molecule has 0 fully saturated rings. The van der Waals surface area contributed by atoms with Crippen molar-refractivity contribution in [1.29, 1.82) is 5.26 Å². The van der Waals surface area contributed by atoms with Crippen molar-refractivity contribution in [3.63, 3.8) is 0 Å². The summed E-state index contributed by atoms with van der Waals surface area (Å²) in [5.74, 6) is -0.356. The first kappa shape index (κ1) is 17.8. The molecule has 0 aliphatic rings. The van der Waals surface area contributed by atoms with Crippen LogP contribution in [0, 0.1) is 11.3 Å². The minimum absolute atomic E-state index is 0.0293. The fraction of sp³-hybridized carbons (Fsp3) is 0.188. The maximum absolute atomic E-state index is 13.3. The molecule has 1 aromatic carbocycles. The smallest absolute Gasteiger partial charge is 0.417 e. The second kappa shape index (κ2) is 7.32. The van der Waals surface area contributed by atoms with Crippen molar-refractivity contribution in [2.45, 2.75) is 13.1 Å². The lowest BCUT2D eigenvalue weighted by Gasteiger charge is -2.12. The SMILES string of the molecule is CCO/C=N/c1nc(-c2ccc(Cl)cc2)cc(C(F)(F)F)c1C#N. The zero-order valence-electron chi connectivity index (χ0n) is 12.4. The zero-order chi connectivity index (χ0) is 17.7. The van der Waals surface area contributed by atoms with Crippen molar-refractivity contribution < 1.29 is 17.9 Å². The van der Waals surface area contributed by atoms with E-state index in [9.17, 15) is 13.2 Å². The Morgan fingerprint density at radius 3 is 2.54 bits per heavy atom. The van der Waals surface area contributed by atoms with Crippen molar-refractivity contribution in [2.75, 3.05) is 6.61 Å². The predicted molar refractivity (Wildman–Crippen MR) is 84.2 cm³/mol. The largest absolute Gasteiger partial charge is 0.483 e. The van der Waals surface area contributed by atoms with Crippen LogP contribution in [0.2, 0.25) is 5.02 Å². The van der Waals surface area contributed by atoms with E-state index >= 15 is 0 Å². The molecule has 24 heavy (non-hydrogen) atoms. The number of hydrogen-bond acceptors (Lipinski definition) is 4. The lowest BCUT2D eigenvalue weighted by Crippen LogP contribution is -2.09. The van der Waals surface area contributed by atoms with Crippen LogP contribution in [-0.4, -0.2) is 18.0 Å². The van der Waals surface area contributed by atoms with E-state index in [1.54, 1.807) is 6.92 Å². The topological polar surface area (TPSA) is 58.3 Å². The predicted octanol–water partition coefficient (Wildman–Crippen LogP) is 4.99. The van der Waals surface area contributed by atoms with Gasteiger partial charge in [0, 0.05) is 10.6 Å². The van der Waals surface area contributed by atoms with Gasteiger partial charge < -0.3 is 4.74 Å². The van der Waals surface area contributed by atoms with E-state index in [1.165, 1.54) is 30.3 Å². The van der Waals surface area contributed by atoms with Crippen LogP contribution in [0.1, 0.15) is 18.1 Å². The summed E-state index contributed by atoms with van der Waals surface area (Å²) in [6.07, 6.45) is -3.75. The Balaban J connectivity index is 2.67. The van der Waals surface area contributed by atoms with E-state index < -0.39 is 17.3 Å². The Morgan fingerprint density at radius 1 is 1.33 bits per heavy atom. The van der Waals surface area contributed by atoms with E-state index in [0.717, 1.165) is 12.5 Å². The van der Waals surface area contributed by atoms with Crippen molar-refractivity contribution >= 4 is 23.8 Å². The van der Waals surface area contributed by atoms with Gasteiger partial charge in [-0.25, -0.2) is 4.98 Å². The van der Waals surface area contributed by atoms with E-state index in [2.05, 4.69) is 9.98 Å². The first-order valence-corrected chi connectivity index (χ1v) is 7.17. The molecule has 2 aromatic rings. The number of pyridine rings is 1. The molecule has 124 valence electrons. The minimum atomic E-state index is -4.72. The van der Waals surface area contributed by atoms with Gasteiger partial charge in [-0.3, -0.25) is 0 Å². The monoisotopic (exact) mass is 353 g/mol. The molecule has 1 aromatic heterocycles. The van der Waals surface area contributed by atoms with Gasteiger partial charge in [-0.1, -0.05) is 23.7 Å². The average molecular weight is 354 g/mol. The number of aliphatic imine (C=N–C) groups is 1. The van der Waals surface area contributed by atoms with E-state index in [1.807, 2.05) is 0 Å². The summed E-state index contributed by atoms with van der Waals surface area (Å²) in [6.45, 7) is 1.98. The highest BCUT2D eigenvalue weighted by Crippen LogP contribution is 2.37. The summed E-state index contributed by atoms with van der Waals surface area (Å²) in [5.41, 5.74) is -1.31. The lowest BCUT2D eigenvalue weighted by atomic mass is 10.0. The molecule has 0 aliphatic carbocycles. The van der Waals surface area contributed by atoms with Crippen molar-refractivity contribution in [3.8, 4) is 17.3 Å². The highest BCUT2D eigenvalue weighted by Gasteiger charge is 2.36. The molecule has 8 heteroatoms. The molecule has 1 heterocycles. The molecule has 0 unspecified atom stereocenters. The Bertz CT molecular complexity index is 796. The lowest BCUT2D eigenvalue weighted by molar-refractivity contribution is -0.137. The van der Waals surface area contributed by atoms with Crippen LogP contribution in [0.3, 0.4) is 0 Å². The fourth-order valence-electron chi connectivity index (χ4n) is 1.89. The Morgan fingerprint density at radius 2 is 2.00 bits per heavy atom. The van der Waals surface area contributed by atoms with Gasteiger partial charge in [0.1, 0.15) is 11.6 Å². The molecule has 0 atom stereocenters. The van der Waals surface area contributed by atoms with Crippen LogP contribution in [0.15, 0.2) is 35.3 Å². The third-order valence-corrected chi connectivity index (χ3v) is 3.23. The van der Waals surface area contributed by atoms with Crippen LogP contribution in [0.5, 0.6) is 0 Å². The fourth-order valence-corrected chi connectivity index (χ4v) is 2.02. The Labute approximate surface area is 141 Å². The summed E-state index contributed by atoms with van der Waals surface area (Å²) in [7, 11) is 0. The second-order valence-electron chi connectivity index (χ2n) is 4.56. The summed E-state index contributed by atoms with van der Waals surface area (Å²) in [5, 5.41) is 9.54. The van der Waals surface area contributed by atoms with Crippen LogP contribution in [-0.2, 0) is 10.9 Å². The van der Waals surface area contributed by atoms with Crippen molar-refractivity contribution in [2.24, 2.45) is 4.99 Å². The molecule has 0 aliphatic heterocycles. The summed E-state index contributed by atoms with van der Waals surface area (Å²) >= 11 is 5.78. The quantitative estimate of drug-likeness (QED) is 0.574. The normalized spacial score (nSPS) is 11.5. The summed E-state index contributed by atoms with van der Waals surface area (Å²) < 4.78 is 44.7. The first-order valence-electron chi connectivity index (χ1n) is 6.79. The van der Waals surface area contributed by atoms with Gasteiger partial charge in [0.2, 0.25) is 0 Å². The molecule has 0 N–H and O–H groups in total. The Hall–Kier alpha value is -2.59. The van der Waals surface area contributed by atoms with Crippen LogP contribution >= 0.6 is 11.6 Å². The molecule has 0 saturated carbocycles. The van der Waals surface area contributed by atoms with Crippen LogP contribution in [0.25, 0.3) is 11.3 Å². The number of nitrogens with zero attached hydrogens (tertiary/aromatic N) is 3. The molecule has 2 rings (SSSR count). The second-order valence-corrected chi connectivity index (χ2v) is 5.00. The van der Waals surface area contributed by atoms with Gasteiger partial charge in [0.15, 0.2) is 12.2 Å². The van der Waals surface area contributed by atoms with E-state index in [0.29, 0.717) is 10.6 Å². The number of hydrogen-bond donors (Lipinski definition) is 0. The van der Waals surface area contributed by atoms with Gasteiger partial charge in [-0.2, -0.15) is 23.4 Å². The minimum Gasteiger partial charge on any atom is -0.483 e. The number of rotatable bonds is 4. The number of halogens is 4. The van der Waals surface area contributed by atoms with Crippen LogP contribution in [0.4, 0.5) is 19.0 Å². The highest BCUT2D eigenvalue weighted by atomic mass is 35.5. The number of nitriles is 1. The standard InChI is InChI=1S/C16H11ClF3N3O/c1-2-24-9-22-15-12(8-21)13(16(18,19)20)7-14(23-15)10-3-5-11(17)6-4-10/h3-7,9H,2H2,1H3/b22-9+. The van der Waals surface area contributed by atoms with E-state index in [4.69, 9.17) is 21.6 Å². The maximum Gasteiger partial charge on any atom is 0.417 e. The van der Waals surface area contributed by atoms with Crippen LogP contribution < -0.4 is 0 Å². The number of ether oxygens (including phenoxy) is 1. The summed E-state index contributed by atoms with van der Waals surface area (Å²) in [6, 6.07) is 8.47. The third-order valence-electron chi connectivity index (χ3n) is 2.97. The van der Waals surface area contributed by atoms with Gasteiger partial charge in [-0.05, 0) is 25.1 Å². The molecule has 0 spiro atoms. The molecular weight excluding hydrogens is 343 g/mol. The molecular formula is C16H11ClF3N3O. The summed E-state index contributed by atoms with van der Waals surface area (Å²) in [4.78, 5) is 7.78. The van der Waals surface area contributed by atoms with Crippen molar-refractivity contribution in [3.05, 3.63) is 46.5 Å². The van der Waals surface area contributed by atoms with Gasteiger partial charge >= 0.3 is 6.18 Å². The third kappa shape index (κ3) is 4.03. The van der Waals surface area contributed by atoms with Crippen molar-refractivity contribution in [1.82, 2.24) is 4.98 Å². The van der Waals surface area contributed by atoms with E-state index in [-0.39, 0.29) is 18.1 Å². The van der Waals surface area contributed by atoms with Gasteiger partial charge in [-0.15, -0.1) is 0 Å². The average Bonchev–Trinajstić information content (AvgIpc) is 2.54. The van der Waals surface area contributed by atoms with Gasteiger partial charge in [0.25, 0.3) is 0 Å². The molecule has 0 radical (unpaired) electrons. The molecule has 4 nitrogen and oxygen atoms in total. The molecule has 0 bridgehead atoms. The molecule has 0 saturated heterocycles. The zero-order valence-corrected chi connectivity index (χ0v) is 13.2. The Kier molecular flexibility index (Phi) is 5.42.